The third-order valence-electron chi connectivity index (χ3n) is 16.6. The summed E-state index contributed by atoms with van der Waals surface area (Å²) in [5.74, 6) is 1.92. The second-order valence-corrected chi connectivity index (χ2v) is 31.0. The van der Waals surface area contributed by atoms with Gasteiger partial charge in [-0.15, -0.1) is 35.1 Å². The molecule has 92 heavy (non-hydrogen) atoms. The van der Waals surface area contributed by atoms with Crippen molar-refractivity contribution in [2.75, 3.05) is 39.5 Å². The van der Waals surface area contributed by atoms with E-state index < -0.39 is 17.2 Å². The largest absolute Gasteiger partial charge is 0.494 e. The Kier molecular flexibility index (Phi) is 29.1. The van der Waals surface area contributed by atoms with Crippen LogP contribution in [0.25, 0.3) is 20.9 Å². The molecule has 2 aromatic heterocycles. The van der Waals surface area contributed by atoms with Crippen LogP contribution in [0.5, 0.6) is 17.2 Å². The smallest absolute Gasteiger partial charge is 0.494 e. The number of unbranched alkanes of at least 4 members (excludes halogenated alkanes) is 5. The molecule has 0 saturated carbocycles. The molecular weight excluding hydrogens is 1220 g/mol. The molecule has 5 aromatic rings. The van der Waals surface area contributed by atoms with Gasteiger partial charge in [-0.05, 0) is 258 Å². The highest BCUT2D eigenvalue weighted by atomic mass is 35.5. The number of carbonyl (C=O) groups excluding carboxylic acids is 3. The van der Waals surface area contributed by atoms with Gasteiger partial charge in [0.1, 0.15) is 28.5 Å². The first kappa shape index (κ1) is 77.1. The minimum Gasteiger partial charge on any atom is -0.494 e. The SMILES string of the molecule is CC(C)(C)OC(=O)NCCCCOc1ccc(B2OC(C)(C)C(C)(C)O2)cc1.CC1(C)CCc2sc(-c3ccc(OCCCCN)cc3)c(C(=O)O)c2C1.CCCCCC(=O)c1c(-c2ccc(OCCCCNC(=O)OC(C)(C)C)cc2)sc2c1CC(C)(C)CC2.Cl. The number of amides is 2. The summed E-state index contributed by atoms with van der Waals surface area (Å²) in [5, 5.41) is 15.4. The van der Waals surface area contributed by atoms with Crippen molar-refractivity contribution in [2.24, 2.45) is 16.6 Å². The summed E-state index contributed by atoms with van der Waals surface area (Å²) >= 11 is 3.45. The monoisotopic (exact) mass is 1330 g/mol. The highest BCUT2D eigenvalue weighted by Crippen LogP contribution is 2.47. The number of fused-ring (bicyclic) bond motifs is 2. The van der Waals surface area contributed by atoms with E-state index in [1.165, 1.54) is 21.7 Å². The second kappa shape index (κ2) is 34.7. The van der Waals surface area contributed by atoms with E-state index in [4.69, 9.17) is 38.7 Å². The molecule has 1 fully saturated rings. The highest BCUT2D eigenvalue weighted by Gasteiger charge is 2.51. The molecule has 508 valence electrons. The van der Waals surface area contributed by atoms with Crippen LogP contribution in [-0.4, -0.2) is 98.0 Å². The predicted molar refractivity (Wildman–Crippen MR) is 378 cm³/mol. The lowest BCUT2D eigenvalue weighted by Crippen LogP contribution is -2.41. The van der Waals surface area contributed by atoms with Gasteiger partial charge in [-0.25, -0.2) is 14.4 Å². The van der Waals surface area contributed by atoms with Gasteiger partial charge in [-0.1, -0.05) is 59.6 Å². The van der Waals surface area contributed by atoms with Crippen LogP contribution >= 0.6 is 35.1 Å². The number of ketones is 1. The van der Waals surface area contributed by atoms with Gasteiger partial charge in [0.2, 0.25) is 0 Å². The van der Waals surface area contributed by atoms with Crippen LogP contribution in [0.15, 0.2) is 72.8 Å². The molecule has 19 heteroatoms. The van der Waals surface area contributed by atoms with Crippen LogP contribution in [0.3, 0.4) is 0 Å². The van der Waals surface area contributed by atoms with Gasteiger partial charge in [0, 0.05) is 44.6 Å². The second-order valence-electron chi connectivity index (χ2n) is 28.8. The van der Waals surface area contributed by atoms with Crippen molar-refractivity contribution >= 4 is 71.6 Å². The van der Waals surface area contributed by atoms with E-state index >= 15 is 0 Å². The van der Waals surface area contributed by atoms with Crippen LogP contribution in [0.1, 0.15) is 223 Å². The Labute approximate surface area is 564 Å². The minimum absolute atomic E-state index is 0. The molecule has 0 atom stereocenters. The number of benzene rings is 3. The molecule has 15 nitrogen and oxygen atoms in total. The fourth-order valence-electron chi connectivity index (χ4n) is 10.8. The molecule has 8 rings (SSSR count). The van der Waals surface area contributed by atoms with E-state index in [1.807, 2.05) is 141 Å². The lowest BCUT2D eigenvalue weighted by atomic mass is 9.75. The zero-order chi connectivity index (χ0) is 66.8. The number of ether oxygens (including phenoxy) is 5. The summed E-state index contributed by atoms with van der Waals surface area (Å²) < 4.78 is 40.0. The molecule has 3 heterocycles. The minimum atomic E-state index is -0.822. The normalized spacial score (nSPS) is 15.8. The molecule has 2 aliphatic carbocycles. The number of carbonyl (C=O) groups is 4. The quantitative estimate of drug-likeness (QED) is 0.0231. The summed E-state index contributed by atoms with van der Waals surface area (Å²) in [5.41, 5.74) is 11.1. The van der Waals surface area contributed by atoms with Crippen molar-refractivity contribution in [3.63, 3.8) is 0 Å². The van der Waals surface area contributed by atoms with Gasteiger partial charge in [0.05, 0.1) is 36.6 Å². The summed E-state index contributed by atoms with van der Waals surface area (Å²) in [7, 11) is -0.363. The van der Waals surface area contributed by atoms with Gasteiger partial charge >= 0.3 is 25.3 Å². The number of nitrogens with one attached hydrogen (secondary N) is 2. The molecule has 3 aliphatic rings. The van der Waals surface area contributed by atoms with Crippen molar-refractivity contribution in [3.8, 4) is 38.1 Å². The maximum absolute atomic E-state index is 13.4. The fourth-order valence-corrected chi connectivity index (χ4v) is 13.5. The molecular formula is C73H107BClN3O12S2. The van der Waals surface area contributed by atoms with Gasteiger partial charge in [0.15, 0.2) is 5.78 Å². The number of Topliss-reactive ketones (excluding diaryl/α,β-unsaturated/α-hetero) is 1. The number of alkyl carbamates (subject to hydrolysis) is 2. The summed E-state index contributed by atoms with van der Waals surface area (Å²) in [6.45, 7) is 34.2. The first-order chi connectivity index (χ1) is 42.8. The molecule has 0 unspecified atom stereocenters. The van der Waals surface area contributed by atoms with Crippen LogP contribution in [0, 0.1) is 10.8 Å². The number of nitrogens with two attached hydrogens (primary N) is 1. The van der Waals surface area contributed by atoms with Crippen molar-refractivity contribution < 1.29 is 57.3 Å². The van der Waals surface area contributed by atoms with Crippen molar-refractivity contribution in [2.45, 2.75) is 229 Å². The van der Waals surface area contributed by atoms with E-state index in [1.54, 1.807) is 11.3 Å². The molecule has 0 bridgehead atoms. The first-order valence-electron chi connectivity index (χ1n) is 33.0. The number of hydrogen-bond donors (Lipinski definition) is 4. The van der Waals surface area contributed by atoms with Crippen LogP contribution in [0.4, 0.5) is 9.59 Å². The maximum Gasteiger partial charge on any atom is 0.494 e. The Morgan fingerprint density at radius 3 is 1.35 bits per heavy atom. The zero-order valence-electron chi connectivity index (χ0n) is 57.8. The molecule has 5 N–H and O–H groups in total. The van der Waals surface area contributed by atoms with E-state index in [2.05, 4.69) is 57.4 Å². The number of carboxylic acids is 1. The third kappa shape index (κ3) is 24.0. The summed E-state index contributed by atoms with van der Waals surface area (Å²) in [4.78, 5) is 53.3. The number of aryl methyl sites for hydroxylation is 2. The number of thiophene rings is 2. The number of hydrogen-bond acceptors (Lipinski definition) is 14. The predicted octanol–water partition coefficient (Wildman–Crippen LogP) is 17.2. The van der Waals surface area contributed by atoms with E-state index in [0.717, 1.165) is 145 Å². The van der Waals surface area contributed by atoms with Gasteiger partial charge in [-0.3, -0.25) is 4.79 Å². The maximum atomic E-state index is 13.4. The Morgan fingerprint density at radius 2 is 0.957 bits per heavy atom. The first-order valence-corrected chi connectivity index (χ1v) is 34.7. The average molecular weight is 1330 g/mol. The Bertz CT molecular complexity index is 3130. The molecule has 2 amide bonds. The number of aromatic carboxylic acids is 1. The van der Waals surface area contributed by atoms with Crippen LogP contribution < -0.4 is 36.0 Å². The van der Waals surface area contributed by atoms with E-state index in [9.17, 15) is 24.3 Å². The lowest BCUT2D eigenvalue weighted by Gasteiger charge is -2.32. The van der Waals surface area contributed by atoms with E-state index in [-0.39, 0.29) is 53.7 Å². The highest BCUT2D eigenvalue weighted by molar-refractivity contribution is 7.16. The average Bonchev–Trinajstić information content (AvgIpc) is 1.63. The van der Waals surface area contributed by atoms with Gasteiger partial charge in [-0.2, -0.15) is 0 Å². The fraction of sp³-hybridized carbons (Fsp3) is 0.589. The van der Waals surface area contributed by atoms with Crippen molar-refractivity contribution in [1.82, 2.24) is 10.6 Å². The van der Waals surface area contributed by atoms with Crippen molar-refractivity contribution in [3.05, 3.63) is 105 Å². The Morgan fingerprint density at radius 1 is 0.565 bits per heavy atom. The van der Waals surface area contributed by atoms with Crippen LogP contribution in [-0.2, 0) is 44.5 Å². The van der Waals surface area contributed by atoms with Crippen molar-refractivity contribution in [1.29, 1.82) is 0 Å². The lowest BCUT2D eigenvalue weighted by molar-refractivity contribution is 0.00578. The van der Waals surface area contributed by atoms with E-state index in [0.29, 0.717) is 57.2 Å². The number of carboxylic acid groups (broad SMARTS) is 1. The zero-order valence-corrected chi connectivity index (χ0v) is 60.3. The topological polar surface area (TPSA) is 203 Å². The molecule has 0 radical (unpaired) electrons. The molecule has 0 spiro atoms. The standard InChI is InChI=1S/C31H45NO4S.C21H34BNO5.C21H27NO3S.ClH/c1-7-8-9-12-25(33)27-24-21-31(5,6)18-17-26(24)37-28(27)22-13-15-23(16-14-22)35-20-11-10-19-32-29(34)36-30(2,3)4;1-19(2,3)26-18(24)23-14-8-9-15-25-17-12-10-16(11-13-17)22-27-20(4,5)21(6,7)28-22;1-21(2)10-9-17-16(13-21)18(20(23)24)19(26-17)14-5-7-15(8-6-14)25-12-4-3-11-22;/h13-16H,7-12,17-21H2,1-6H3,(H,32,34);10-13H,8-9,14-15H2,1-7H3,(H,23,24);5-8H,3-4,9-13,22H2,1-2H3,(H,23,24);1H. The summed E-state index contributed by atoms with van der Waals surface area (Å²) in [6.07, 6.45) is 14.4. The van der Waals surface area contributed by atoms with Gasteiger partial charge < -0.3 is 54.5 Å². The van der Waals surface area contributed by atoms with Gasteiger partial charge in [0.25, 0.3) is 0 Å². The third-order valence-corrected chi connectivity index (χ3v) is 19.3. The molecule has 1 saturated heterocycles. The Balaban J connectivity index is 0.000000254. The molecule has 1 aliphatic heterocycles. The Hall–Kier alpha value is -5.63. The number of rotatable bonds is 26. The number of halogens is 1. The molecule has 3 aromatic carbocycles. The summed E-state index contributed by atoms with van der Waals surface area (Å²) in [6, 6.07) is 23.8. The van der Waals surface area contributed by atoms with Crippen LogP contribution in [0.2, 0.25) is 0 Å².